The van der Waals surface area contributed by atoms with Gasteiger partial charge in [0.05, 0.1) is 7.11 Å². The van der Waals surface area contributed by atoms with E-state index in [0.717, 1.165) is 26.7 Å². The number of pyridine rings is 1. The van der Waals surface area contributed by atoms with E-state index in [-0.39, 0.29) is 5.91 Å². The fourth-order valence-electron chi connectivity index (χ4n) is 2.57. The molecule has 1 amide bonds. The Bertz CT molecular complexity index is 906. The third-order valence-electron chi connectivity index (χ3n) is 3.95. The Morgan fingerprint density at radius 3 is 2.58 bits per heavy atom. The summed E-state index contributed by atoms with van der Waals surface area (Å²) in [7, 11) is 1.60. The molecule has 1 aromatic carbocycles. The molecule has 0 bridgehead atoms. The molecule has 3 aromatic rings. The quantitative estimate of drug-likeness (QED) is 0.723. The van der Waals surface area contributed by atoms with Crippen molar-refractivity contribution in [2.75, 3.05) is 13.7 Å². The van der Waals surface area contributed by atoms with Crippen molar-refractivity contribution in [2.45, 2.75) is 20.3 Å². The van der Waals surface area contributed by atoms with Crippen LogP contribution in [0.15, 0.2) is 36.5 Å². The van der Waals surface area contributed by atoms with Crippen LogP contribution in [0, 0.1) is 13.8 Å². The molecule has 2 aromatic heterocycles. The van der Waals surface area contributed by atoms with Crippen LogP contribution < -0.4 is 10.1 Å². The predicted octanol–water partition coefficient (Wildman–Crippen LogP) is 3.20. The van der Waals surface area contributed by atoms with E-state index in [1.165, 1.54) is 0 Å². The first kappa shape index (κ1) is 18.0. The fourth-order valence-corrected chi connectivity index (χ4v) is 3.28. The molecule has 0 aliphatic carbocycles. The highest BCUT2D eigenvalue weighted by atomic mass is 32.1. The third-order valence-corrected chi connectivity index (χ3v) is 4.84. The van der Waals surface area contributed by atoms with E-state index in [4.69, 9.17) is 4.74 Å². The van der Waals surface area contributed by atoms with E-state index in [0.29, 0.717) is 24.4 Å². The standard InChI is InChI=1S/C19H20N4O2S/c1-12-10-17(25-3)21-11-16(12)14-4-6-15(7-5-14)19(24)20-9-8-18-23-22-13(2)26-18/h4-7,10-11H,8-9H2,1-3H3,(H,20,24). The van der Waals surface area contributed by atoms with Gasteiger partial charge in [0.1, 0.15) is 10.0 Å². The summed E-state index contributed by atoms with van der Waals surface area (Å²) in [5.74, 6) is 0.496. The molecule has 1 N–H and O–H groups in total. The third kappa shape index (κ3) is 4.23. The maximum atomic E-state index is 12.3. The van der Waals surface area contributed by atoms with Gasteiger partial charge in [-0.1, -0.05) is 12.1 Å². The smallest absolute Gasteiger partial charge is 0.251 e. The Labute approximate surface area is 156 Å². The normalized spacial score (nSPS) is 10.6. The molecule has 0 aliphatic rings. The van der Waals surface area contributed by atoms with Gasteiger partial charge in [-0.2, -0.15) is 0 Å². The Balaban J connectivity index is 1.62. The zero-order chi connectivity index (χ0) is 18.5. The molecule has 0 aliphatic heterocycles. The van der Waals surface area contributed by atoms with Crippen molar-refractivity contribution in [3.63, 3.8) is 0 Å². The number of aromatic nitrogens is 3. The minimum Gasteiger partial charge on any atom is -0.481 e. The number of methoxy groups -OCH3 is 1. The molecule has 26 heavy (non-hydrogen) atoms. The van der Waals surface area contributed by atoms with Gasteiger partial charge in [0, 0.05) is 36.4 Å². The summed E-state index contributed by atoms with van der Waals surface area (Å²) in [6.45, 7) is 4.47. The first-order valence-corrected chi connectivity index (χ1v) is 9.06. The molecule has 0 radical (unpaired) electrons. The SMILES string of the molecule is COc1cc(C)c(-c2ccc(C(=O)NCCc3nnc(C)s3)cc2)cn1. The van der Waals surface area contributed by atoms with Crippen LogP contribution >= 0.6 is 11.3 Å². The first-order chi connectivity index (χ1) is 12.6. The zero-order valence-electron chi connectivity index (χ0n) is 14.9. The number of carbonyl (C=O) groups excluding carboxylic acids is 1. The summed E-state index contributed by atoms with van der Waals surface area (Å²) in [5, 5.41) is 12.8. The lowest BCUT2D eigenvalue weighted by Gasteiger charge is -2.09. The van der Waals surface area contributed by atoms with Crippen molar-refractivity contribution < 1.29 is 9.53 Å². The van der Waals surface area contributed by atoms with Crippen LogP contribution in [-0.4, -0.2) is 34.7 Å². The lowest BCUT2D eigenvalue weighted by atomic mass is 10.0. The second-order valence-electron chi connectivity index (χ2n) is 5.84. The highest BCUT2D eigenvalue weighted by Crippen LogP contribution is 2.25. The van der Waals surface area contributed by atoms with Crippen molar-refractivity contribution >= 4 is 17.2 Å². The monoisotopic (exact) mass is 368 g/mol. The number of hydrogen-bond acceptors (Lipinski definition) is 6. The molecular weight excluding hydrogens is 348 g/mol. The van der Waals surface area contributed by atoms with E-state index in [9.17, 15) is 4.79 Å². The van der Waals surface area contributed by atoms with Gasteiger partial charge in [0.25, 0.3) is 5.91 Å². The molecule has 0 spiro atoms. The molecule has 134 valence electrons. The number of amides is 1. The van der Waals surface area contributed by atoms with E-state index in [1.807, 2.05) is 44.2 Å². The summed E-state index contributed by atoms with van der Waals surface area (Å²) in [4.78, 5) is 16.5. The van der Waals surface area contributed by atoms with Gasteiger partial charge in [-0.25, -0.2) is 4.98 Å². The Kier molecular flexibility index (Phi) is 5.58. The molecule has 0 saturated heterocycles. The van der Waals surface area contributed by atoms with Gasteiger partial charge in [-0.3, -0.25) is 4.79 Å². The molecule has 0 fully saturated rings. The first-order valence-electron chi connectivity index (χ1n) is 8.25. The Hall–Kier alpha value is -2.80. The van der Waals surface area contributed by atoms with Gasteiger partial charge in [0.15, 0.2) is 0 Å². The van der Waals surface area contributed by atoms with Crippen molar-refractivity contribution in [3.05, 3.63) is 57.7 Å². The van der Waals surface area contributed by atoms with Gasteiger partial charge < -0.3 is 10.1 Å². The van der Waals surface area contributed by atoms with E-state index < -0.39 is 0 Å². The van der Waals surface area contributed by atoms with Gasteiger partial charge in [-0.15, -0.1) is 21.5 Å². The number of nitrogens with one attached hydrogen (secondary N) is 1. The molecule has 0 unspecified atom stereocenters. The Morgan fingerprint density at radius 2 is 1.96 bits per heavy atom. The molecule has 2 heterocycles. The van der Waals surface area contributed by atoms with Crippen molar-refractivity contribution in [1.82, 2.24) is 20.5 Å². The van der Waals surface area contributed by atoms with Crippen LogP contribution in [0.25, 0.3) is 11.1 Å². The molecule has 0 saturated carbocycles. The number of ether oxygens (including phenoxy) is 1. The number of rotatable bonds is 6. The minimum absolute atomic E-state index is 0.0950. The minimum atomic E-state index is -0.0950. The summed E-state index contributed by atoms with van der Waals surface area (Å²) < 4.78 is 5.14. The van der Waals surface area contributed by atoms with Crippen LogP contribution in [0.1, 0.15) is 25.9 Å². The summed E-state index contributed by atoms with van der Waals surface area (Å²) >= 11 is 1.55. The largest absolute Gasteiger partial charge is 0.481 e. The van der Waals surface area contributed by atoms with Crippen LogP contribution in [-0.2, 0) is 6.42 Å². The van der Waals surface area contributed by atoms with Crippen molar-refractivity contribution in [2.24, 2.45) is 0 Å². The fraction of sp³-hybridized carbons (Fsp3) is 0.263. The van der Waals surface area contributed by atoms with Crippen molar-refractivity contribution in [1.29, 1.82) is 0 Å². The highest BCUT2D eigenvalue weighted by Gasteiger charge is 2.09. The van der Waals surface area contributed by atoms with Gasteiger partial charge in [-0.05, 0) is 37.1 Å². The zero-order valence-corrected chi connectivity index (χ0v) is 15.8. The second kappa shape index (κ2) is 8.05. The van der Waals surface area contributed by atoms with Crippen molar-refractivity contribution in [3.8, 4) is 17.0 Å². The Morgan fingerprint density at radius 1 is 1.19 bits per heavy atom. The average molecular weight is 368 g/mol. The lowest BCUT2D eigenvalue weighted by Crippen LogP contribution is -2.25. The summed E-state index contributed by atoms with van der Waals surface area (Å²) in [6, 6.07) is 9.40. The highest BCUT2D eigenvalue weighted by molar-refractivity contribution is 7.11. The predicted molar refractivity (Wildman–Crippen MR) is 102 cm³/mol. The second-order valence-corrected chi connectivity index (χ2v) is 7.11. The van der Waals surface area contributed by atoms with Crippen LogP contribution in [0.3, 0.4) is 0 Å². The van der Waals surface area contributed by atoms with E-state index >= 15 is 0 Å². The number of benzene rings is 1. The maximum absolute atomic E-state index is 12.3. The summed E-state index contributed by atoms with van der Waals surface area (Å²) in [5.41, 5.74) is 3.73. The van der Waals surface area contributed by atoms with Crippen LogP contribution in [0.4, 0.5) is 0 Å². The molecule has 7 heteroatoms. The number of nitrogens with zero attached hydrogens (tertiary/aromatic N) is 3. The van der Waals surface area contributed by atoms with Gasteiger partial charge >= 0.3 is 0 Å². The lowest BCUT2D eigenvalue weighted by molar-refractivity contribution is 0.0954. The number of aryl methyl sites for hydroxylation is 2. The average Bonchev–Trinajstić information content (AvgIpc) is 3.07. The summed E-state index contributed by atoms with van der Waals surface area (Å²) in [6.07, 6.45) is 2.47. The number of hydrogen-bond donors (Lipinski definition) is 1. The van der Waals surface area contributed by atoms with Crippen LogP contribution in [0.5, 0.6) is 5.88 Å². The topological polar surface area (TPSA) is 77.0 Å². The van der Waals surface area contributed by atoms with Crippen LogP contribution in [0.2, 0.25) is 0 Å². The van der Waals surface area contributed by atoms with E-state index in [2.05, 4.69) is 20.5 Å². The number of carbonyl (C=O) groups is 1. The molecular formula is C19H20N4O2S. The van der Waals surface area contributed by atoms with Gasteiger partial charge in [0.2, 0.25) is 5.88 Å². The maximum Gasteiger partial charge on any atom is 0.251 e. The molecule has 3 rings (SSSR count). The molecule has 0 atom stereocenters. The van der Waals surface area contributed by atoms with E-state index in [1.54, 1.807) is 24.6 Å². The molecule has 6 nitrogen and oxygen atoms in total.